The first-order chi connectivity index (χ1) is 9.08. The molecule has 9 heteroatoms. The summed E-state index contributed by atoms with van der Waals surface area (Å²) in [4.78, 5) is 7.89. The first kappa shape index (κ1) is 11.9. The zero-order valence-corrected chi connectivity index (χ0v) is 11.1. The minimum Gasteiger partial charge on any atom is -0.381 e. The Kier molecular flexibility index (Phi) is 2.64. The molecular weight excluding hydrogens is 286 g/mol. The maximum atomic E-state index is 12.3. The minimum atomic E-state index is -3.82. The summed E-state index contributed by atoms with van der Waals surface area (Å²) in [5.41, 5.74) is 6.17. The van der Waals surface area contributed by atoms with Crippen molar-refractivity contribution in [3.05, 3.63) is 36.0 Å². The second-order valence-corrected chi connectivity index (χ2v) is 6.17. The van der Waals surface area contributed by atoms with E-state index in [0.29, 0.717) is 5.65 Å². The molecule has 0 aliphatic carbocycles. The van der Waals surface area contributed by atoms with Crippen LogP contribution in [0.4, 0.5) is 10.9 Å². The fraction of sp³-hybridized carbons (Fsp3) is 0. The van der Waals surface area contributed by atoms with Crippen LogP contribution in [-0.2, 0) is 10.0 Å². The topological polar surface area (TPSA) is 102 Å². The number of aromatic nitrogens is 3. The van der Waals surface area contributed by atoms with E-state index in [1.54, 1.807) is 29.8 Å². The third-order valence-electron chi connectivity index (χ3n) is 2.42. The number of sulfonamides is 1. The van der Waals surface area contributed by atoms with Gasteiger partial charge < -0.3 is 5.73 Å². The van der Waals surface area contributed by atoms with E-state index >= 15 is 0 Å². The van der Waals surface area contributed by atoms with Gasteiger partial charge in [0.15, 0.2) is 10.9 Å². The molecule has 0 fully saturated rings. The number of hydrogen-bond acceptors (Lipinski definition) is 6. The SMILES string of the molecule is Nc1nc2ccccn2c1S(=O)(=O)Nc1nccs1. The quantitative estimate of drug-likeness (QED) is 0.755. The van der Waals surface area contributed by atoms with Gasteiger partial charge in [0.25, 0.3) is 10.0 Å². The summed E-state index contributed by atoms with van der Waals surface area (Å²) in [7, 11) is -3.82. The van der Waals surface area contributed by atoms with E-state index in [-0.39, 0.29) is 16.0 Å². The van der Waals surface area contributed by atoms with Crippen LogP contribution in [0.25, 0.3) is 5.65 Å². The van der Waals surface area contributed by atoms with Crippen LogP contribution in [0, 0.1) is 0 Å². The van der Waals surface area contributed by atoms with Crippen LogP contribution in [0.5, 0.6) is 0 Å². The molecule has 0 aliphatic rings. The van der Waals surface area contributed by atoms with Crippen molar-refractivity contribution in [1.82, 2.24) is 14.4 Å². The van der Waals surface area contributed by atoms with Gasteiger partial charge in [-0.05, 0) is 12.1 Å². The Morgan fingerprint density at radius 2 is 2.21 bits per heavy atom. The minimum absolute atomic E-state index is 0.0461. The number of hydrogen-bond donors (Lipinski definition) is 2. The Morgan fingerprint density at radius 1 is 1.37 bits per heavy atom. The Bertz CT molecular complexity index is 823. The average Bonchev–Trinajstić information content (AvgIpc) is 2.94. The predicted octanol–water partition coefficient (Wildman–Crippen LogP) is 1.17. The molecule has 0 saturated carbocycles. The van der Waals surface area contributed by atoms with E-state index < -0.39 is 10.0 Å². The lowest BCUT2D eigenvalue weighted by Crippen LogP contribution is -2.16. The molecule has 3 N–H and O–H groups in total. The van der Waals surface area contributed by atoms with Gasteiger partial charge in [-0.15, -0.1) is 11.3 Å². The third kappa shape index (κ3) is 2.02. The van der Waals surface area contributed by atoms with Gasteiger partial charge in [0.1, 0.15) is 5.65 Å². The molecule has 0 radical (unpaired) electrons. The summed E-state index contributed by atoms with van der Waals surface area (Å²) in [6, 6.07) is 5.14. The zero-order valence-electron chi connectivity index (χ0n) is 9.52. The number of anilines is 2. The lowest BCUT2D eigenvalue weighted by Gasteiger charge is -2.05. The molecule has 7 nitrogen and oxygen atoms in total. The van der Waals surface area contributed by atoms with Gasteiger partial charge in [-0.1, -0.05) is 6.07 Å². The van der Waals surface area contributed by atoms with Crippen molar-refractivity contribution < 1.29 is 8.42 Å². The van der Waals surface area contributed by atoms with E-state index in [0.717, 1.165) is 0 Å². The summed E-state index contributed by atoms with van der Waals surface area (Å²) in [6.07, 6.45) is 3.11. The standard InChI is InChI=1S/C10H9N5O2S2/c11-8-9(15-5-2-1-3-7(15)13-8)19(16,17)14-10-12-4-6-18-10/h1-6H,11H2,(H,12,14). The number of nitrogens with two attached hydrogens (primary N) is 1. The van der Waals surface area contributed by atoms with Crippen molar-refractivity contribution >= 4 is 38.0 Å². The van der Waals surface area contributed by atoms with Crippen LogP contribution in [0.15, 0.2) is 41.0 Å². The molecule has 0 saturated heterocycles. The van der Waals surface area contributed by atoms with Gasteiger partial charge in [-0.2, -0.15) is 8.42 Å². The highest BCUT2D eigenvalue weighted by atomic mass is 32.2. The Morgan fingerprint density at radius 3 is 2.95 bits per heavy atom. The average molecular weight is 295 g/mol. The number of fused-ring (bicyclic) bond motifs is 1. The number of nitrogen functional groups attached to an aromatic ring is 1. The summed E-state index contributed by atoms with van der Waals surface area (Å²) in [5, 5.41) is 1.87. The number of rotatable bonds is 3. The van der Waals surface area contributed by atoms with Crippen LogP contribution in [0.1, 0.15) is 0 Å². The molecule has 19 heavy (non-hydrogen) atoms. The monoisotopic (exact) mass is 295 g/mol. The number of pyridine rings is 1. The fourth-order valence-corrected chi connectivity index (χ4v) is 3.70. The van der Waals surface area contributed by atoms with Gasteiger partial charge in [-0.25, -0.2) is 9.97 Å². The van der Waals surface area contributed by atoms with Crippen molar-refractivity contribution in [2.75, 3.05) is 10.5 Å². The fourth-order valence-electron chi connectivity index (χ4n) is 1.70. The zero-order chi connectivity index (χ0) is 13.5. The van der Waals surface area contributed by atoms with Crippen LogP contribution in [0.3, 0.4) is 0 Å². The Balaban J connectivity index is 2.15. The number of nitrogens with zero attached hydrogens (tertiary/aromatic N) is 3. The van der Waals surface area contributed by atoms with Gasteiger partial charge in [0.2, 0.25) is 5.03 Å². The van der Waals surface area contributed by atoms with E-state index in [4.69, 9.17) is 5.73 Å². The van der Waals surface area contributed by atoms with Crippen molar-refractivity contribution in [3.8, 4) is 0 Å². The summed E-state index contributed by atoms with van der Waals surface area (Å²) in [6.45, 7) is 0. The highest BCUT2D eigenvalue weighted by molar-refractivity contribution is 7.93. The van der Waals surface area contributed by atoms with E-state index in [9.17, 15) is 8.42 Å². The second kappa shape index (κ2) is 4.21. The second-order valence-electron chi connectivity index (χ2n) is 3.67. The molecule has 0 amide bonds. The molecular formula is C10H9N5O2S2. The molecule has 0 spiro atoms. The van der Waals surface area contributed by atoms with Crippen molar-refractivity contribution in [1.29, 1.82) is 0 Å². The van der Waals surface area contributed by atoms with Crippen LogP contribution in [0.2, 0.25) is 0 Å². The molecule has 3 rings (SSSR count). The Labute approximate surface area is 112 Å². The van der Waals surface area contributed by atoms with Crippen molar-refractivity contribution in [3.63, 3.8) is 0 Å². The molecule has 3 heterocycles. The highest BCUT2D eigenvalue weighted by Crippen LogP contribution is 2.23. The van der Waals surface area contributed by atoms with Crippen LogP contribution >= 0.6 is 11.3 Å². The maximum absolute atomic E-state index is 12.3. The van der Waals surface area contributed by atoms with Crippen LogP contribution in [-0.4, -0.2) is 22.8 Å². The normalized spacial score (nSPS) is 11.8. The maximum Gasteiger partial charge on any atom is 0.283 e. The molecule has 0 atom stereocenters. The molecule has 0 aliphatic heterocycles. The summed E-state index contributed by atoms with van der Waals surface area (Å²) in [5.74, 6) is -0.0461. The number of imidazole rings is 1. The van der Waals surface area contributed by atoms with Crippen LogP contribution < -0.4 is 10.5 Å². The Hall–Kier alpha value is -2.13. The van der Waals surface area contributed by atoms with E-state index in [1.807, 2.05) is 0 Å². The van der Waals surface area contributed by atoms with Gasteiger partial charge >= 0.3 is 0 Å². The largest absolute Gasteiger partial charge is 0.381 e. The third-order valence-corrected chi connectivity index (χ3v) is 4.61. The van der Waals surface area contributed by atoms with Gasteiger partial charge in [-0.3, -0.25) is 9.12 Å². The molecule has 0 unspecified atom stereocenters. The molecule has 0 bridgehead atoms. The first-order valence-corrected chi connectivity index (χ1v) is 7.59. The highest BCUT2D eigenvalue weighted by Gasteiger charge is 2.24. The summed E-state index contributed by atoms with van der Waals surface area (Å²) < 4.78 is 28.4. The lowest BCUT2D eigenvalue weighted by atomic mass is 10.5. The number of thiazole rings is 1. The molecule has 0 aromatic carbocycles. The molecule has 3 aromatic rings. The van der Waals surface area contributed by atoms with E-state index in [2.05, 4.69) is 14.7 Å². The predicted molar refractivity (Wildman–Crippen MR) is 72.5 cm³/mol. The van der Waals surface area contributed by atoms with Crippen molar-refractivity contribution in [2.24, 2.45) is 0 Å². The first-order valence-electron chi connectivity index (χ1n) is 5.23. The van der Waals surface area contributed by atoms with Gasteiger partial charge in [0.05, 0.1) is 0 Å². The van der Waals surface area contributed by atoms with Crippen molar-refractivity contribution in [2.45, 2.75) is 5.03 Å². The molecule has 3 aromatic heterocycles. The smallest absolute Gasteiger partial charge is 0.283 e. The summed E-state index contributed by atoms with van der Waals surface area (Å²) >= 11 is 1.19. The lowest BCUT2D eigenvalue weighted by molar-refractivity contribution is 0.597. The number of nitrogens with one attached hydrogen (secondary N) is 1. The van der Waals surface area contributed by atoms with E-state index in [1.165, 1.54) is 21.9 Å². The van der Waals surface area contributed by atoms with Gasteiger partial charge in [0, 0.05) is 17.8 Å². The molecule has 98 valence electrons.